The second-order valence-electron chi connectivity index (χ2n) is 10.0. The van der Waals surface area contributed by atoms with Crippen LogP contribution in [-0.4, -0.2) is 6.71 Å². The second kappa shape index (κ2) is 6.56. The maximum absolute atomic E-state index is 6.55. The molecular weight excluding hydrogens is 435 g/mol. The van der Waals surface area contributed by atoms with E-state index in [1.54, 1.807) is 0 Å². The lowest BCUT2D eigenvalue weighted by Gasteiger charge is -2.18. The molecule has 2 heterocycles. The van der Waals surface area contributed by atoms with Crippen LogP contribution in [0.15, 0.2) is 120 Å². The lowest BCUT2D eigenvalue weighted by molar-refractivity contribution is 0.669. The van der Waals surface area contributed by atoms with Crippen molar-refractivity contribution in [2.75, 3.05) is 0 Å². The molecule has 2 aliphatic rings. The Morgan fingerprint density at radius 3 is 1.89 bits per heavy atom. The summed E-state index contributed by atoms with van der Waals surface area (Å²) in [6.45, 7) is 0.139. The van der Waals surface area contributed by atoms with Gasteiger partial charge in [-0.3, -0.25) is 0 Å². The molecule has 0 unspecified atom stereocenters. The second-order valence-corrected chi connectivity index (χ2v) is 10.0. The van der Waals surface area contributed by atoms with Crippen LogP contribution in [0.4, 0.5) is 0 Å². The maximum Gasteiger partial charge on any atom is 0.244 e. The Kier molecular flexibility index (Phi) is 3.41. The molecule has 7 aromatic rings. The minimum Gasteiger partial charge on any atom is -0.456 e. The van der Waals surface area contributed by atoms with Gasteiger partial charge in [-0.25, -0.2) is 0 Å². The van der Waals surface area contributed by atoms with Crippen molar-refractivity contribution in [3.05, 3.63) is 115 Å². The standard InChI is InChI=1S/C34H19BO/c1-4-16-27-21(11-1)22-12-2-5-17-28(22)35(27)34-32-25-15-8-10-20-9-7-14-23(31(20)25)26(32)19-30-33(34)24-13-3-6-18-29(24)36-30/h1-19H. The first-order chi connectivity index (χ1) is 17.9. The summed E-state index contributed by atoms with van der Waals surface area (Å²) in [4.78, 5) is 0. The molecule has 0 spiro atoms. The van der Waals surface area contributed by atoms with Gasteiger partial charge in [-0.05, 0) is 61.7 Å². The summed E-state index contributed by atoms with van der Waals surface area (Å²) in [7, 11) is 0. The van der Waals surface area contributed by atoms with E-state index in [2.05, 4.69) is 115 Å². The minimum atomic E-state index is 0.139. The van der Waals surface area contributed by atoms with Gasteiger partial charge < -0.3 is 4.42 Å². The maximum atomic E-state index is 6.55. The zero-order chi connectivity index (χ0) is 23.4. The molecule has 0 N–H and O–H groups in total. The molecule has 1 aliphatic carbocycles. The molecule has 2 heteroatoms. The van der Waals surface area contributed by atoms with Gasteiger partial charge in [0.1, 0.15) is 11.2 Å². The lowest BCUT2D eigenvalue weighted by Crippen LogP contribution is -2.50. The van der Waals surface area contributed by atoms with Crippen LogP contribution < -0.4 is 16.4 Å². The van der Waals surface area contributed by atoms with Crippen molar-refractivity contribution in [3.63, 3.8) is 0 Å². The Labute approximate surface area is 208 Å². The lowest BCUT2D eigenvalue weighted by atomic mass is 9.37. The Morgan fingerprint density at radius 2 is 1.11 bits per heavy atom. The van der Waals surface area contributed by atoms with Crippen LogP contribution in [-0.2, 0) is 0 Å². The topological polar surface area (TPSA) is 13.1 Å². The van der Waals surface area contributed by atoms with E-state index < -0.39 is 0 Å². The highest BCUT2D eigenvalue weighted by molar-refractivity contribution is 7.01. The van der Waals surface area contributed by atoms with Gasteiger partial charge in [-0.15, -0.1) is 0 Å². The van der Waals surface area contributed by atoms with Crippen LogP contribution in [0.25, 0.3) is 66.1 Å². The summed E-state index contributed by atoms with van der Waals surface area (Å²) in [6, 6.07) is 42.1. The summed E-state index contributed by atoms with van der Waals surface area (Å²) >= 11 is 0. The predicted molar refractivity (Wildman–Crippen MR) is 152 cm³/mol. The number of furan rings is 1. The largest absolute Gasteiger partial charge is 0.456 e. The number of fused-ring (bicyclic) bond motifs is 9. The van der Waals surface area contributed by atoms with Crippen LogP contribution in [0.1, 0.15) is 0 Å². The van der Waals surface area contributed by atoms with Crippen molar-refractivity contribution in [3.8, 4) is 33.4 Å². The molecule has 164 valence electrons. The molecule has 1 aliphatic heterocycles. The molecule has 0 amide bonds. The van der Waals surface area contributed by atoms with Crippen LogP contribution >= 0.6 is 0 Å². The average molecular weight is 454 g/mol. The first-order valence-corrected chi connectivity index (χ1v) is 12.6. The molecule has 9 rings (SSSR count). The van der Waals surface area contributed by atoms with Gasteiger partial charge in [0.25, 0.3) is 0 Å². The molecule has 0 saturated heterocycles. The molecule has 0 bridgehead atoms. The fourth-order valence-corrected chi connectivity index (χ4v) is 6.95. The number of rotatable bonds is 1. The van der Waals surface area contributed by atoms with E-state index in [4.69, 9.17) is 4.42 Å². The van der Waals surface area contributed by atoms with E-state index in [1.807, 2.05) is 0 Å². The molecule has 6 aromatic carbocycles. The number of para-hydroxylation sites is 1. The summed E-state index contributed by atoms with van der Waals surface area (Å²) in [6.07, 6.45) is 0. The molecule has 0 fully saturated rings. The third kappa shape index (κ3) is 2.18. The summed E-state index contributed by atoms with van der Waals surface area (Å²) in [5.74, 6) is 0. The van der Waals surface area contributed by atoms with E-state index in [0.717, 1.165) is 11.2 Å². The van der Waals surface area contributed by atoms with E-state index >= 15 is 0 Å². The molecule has 0 atom stereocenters. The smallest absolute Gasteiger partial charge is 0.244 e. The fourth-order valence-electron chi connectivity index (χ4n) is 6.95. The number of hydrogen-bond acceptors (Lipinski definition) is 1. The molecule has 0 saturated carbocycles. The zero-order valence-corrected chi connectivity index (χ0v) is 19.5. The van der Waals surface area contributed by atoms with Gasteiger partial charge in [0.05, 0.1) is 0 Å². The third-order valence-electron chi connectivity index (χ3n) is 8.29. The molecule has 0 radical (unpaired) electrons. The molecular formula is C34H19BO. The van der Waals surface area contributed by atoms with Crippen molar-refractivity contribution in [1.29, 1.82) is 0 Å². The number of benzene rings is 6. The van der Waals surface area contributed by atoms with E-state index in [0.29, 0.717) is 0 Å². The first-order valence-electron chi connectivity index (χ1n) is 12.6. The minimum absolute atomic E-state index is 0.139. The van der Waals surface area contributed by atoms with Crippen molar-refractivity contribution in [1.82, 2.24) is 0 Å². The Bertz CT molecular complexity index is 2010. The highest BCUT2D eigenvalue weighted by atomic mass is 16.3. The number of hydrogen-bond donors (Lipinski definition) is 0. The van der Waals surface area contributed by atoms with Crippen molar-refractivity contribution in [2.24, 2.45) is 0 Å². The van der Waals surface area contributed by atoms with Crippen LogP contribution in [0, 0.1) is 0 Å². The van der Waals surface area contributed by atoms with Crippen LogP contribution in [0.5, 0.6) is 0 Å². The van der Waals surface area contributed by atoms with E-state index in [1.165, 1.54) is 71.3 Å². The summed E-state index contributed by atoms with van der Waals surface area (Å²) in [5.41, 5.74) is 14.0. The van der Waals surface area contributed by atoms with Gasteiger partial charge in [-0.2, -0.15) is 0 Å². The van der Waals surface area contributed by atoms with E-state index in [9.17, 15) is 0 Å². The Hall–Kier alpha value is -4.56. The summed E-state index contributed by atoms with van der Waals surface area (Å²) in [5, 5.41) is 5.08. The van der Waals surface area contributed by atoms with Gasteiger partial charge in [0.2, 0.25) is 6.71 Å². The first kappa shape index (κ1) is 18.7. The van der Waals surface area contributed by atoms with Crippen LogP contribution in [0.3, 0.4) is 0 Å². The zero-order valence-electron chi connectivity index (χ0n) is 19.5. The highest BCUT2D eigenvalue weighted by Crippen LogP contribution is 2.49. The van der Waals surface area contributed by atoms with Crippen molar-refractivity contribution >= 4 is 55.8 Å². The van der Waals surface area contributed by atoms with Gasteiger partial charge in [0, 0.05) is 10.8 Å². The van der Waals surface area contributed by atoms with Crippen molar-refractivity contribution < 1.29 is 4.42 Å². The SMILES string of the molecule is c1ccc2c(c1)B(c1c3c(cc4oc5ccccc5c14)-c1cccc4cccc-3c14)c1ccccc1-2. The third-order valence-corrected chi connectivity index (χ3v) is 8.29. The van der Waals surface area contributed by atoms with Crippen LogP contribution in [0.2, 0.25) is 0 Å². The highest BCUT2D eigenvalue weighted by Gasteiger charge is 2.39. The van der Waals surface area contributed by atoms with E-state index in [-0.39, 0.29) is 6.71 Å². The van der Waals surface area contributed by atoms with Gasteiger partial charge in [-0.1, -0.05) is 114 Å². The monoisotopic (exact) mass is 454 g/mol. The molecule has 1 nitrogen and oxygen atoms in total. The quantitative estimate of drug-likeness (QED) is 0.247. The Morgan fingerprint density at radius 1 is 0.472 bits per heavy atom. The summed E-state index contributed by atoms with van der Waals surface area (Å²) < 4.78 is 6.55. The molecule has 1 aromatic heterocycles. The fraction of sp³-hybridized carbons (Fsp3) is 0. The van der Waals surface area contributed by atoms with Gasteiger partial charge >= 0.3 is 0 Å². The Balaban J connectivity index is 1.53. The predicted octanol–water partition coefficient (Wildman–Crippen LogP) is 6.88. The average Bonchev–Trinajstić information content (AvgIpc) is 3.57. The van der Waals surface area contributed by atoms with Crippen molar-refractivity contribution in [2.45, 2.75) is 0 Å². The van der Waals surface area contributed by atoms with Gasteiger partial charge in [0.15, 0.2) is 0 Å². The molecule has 36 heavy (non-hydrogen) atoms. The normalized spacial score (nSPS) is 12.9.